The Morgan fingerprint density at radius 1 is 0.800 bits per heavy atom. The van der Waals surface area contributed by atoms with Gasteiger partial charge in [0, 0.05) is 19.6 Å². The lowest BCUT2D eigenvalue weighted by Gasteiger charge is -2.34. The molecule has 5 atom stereocenters. The van der Waals surface area contributed by atoms with Crippen molar-refractivity contribution in [2.24, 2.45) is 17.6 Å². The van der Waals surface area contributed by atoms with Crippen molar-refractivity contribution in [3.05, 3.63) is 0 Å². The molecule has 5 unspecified atom stereocenters. The Labute approximate surface area is 244 Å². The van der Waals surface area contributed by atoms with Gasteiger partial charge in [-0.15, -0.1) is 0 Å². The highest BCUT2D eigenvalue weighted by atomic mass is 31.2. The summed E-state index contributed by atoms with van der Waals surface area (Å²) in [6.45, 7) is 6.50. The van der Waals surface area contributed by atoms with Crippen molar-refractivity contribution in [3.63, 3.8) is 0 Å². The van der Waals surface area contributed by atoms with E-state index in [4.69, 9.17) is 24.6 Å². The van der Waals surface area contributed by atoms with Crippen molar-refractivity contribution >= 4 is 13.8 Å². The number of aliphatic hydroxyl groups excluding tert-OH is 1. The molecule has 40 heavy (non-hydrogen) atoms. The van der Waals surface area contributed by atoms with Crippen LogP contribution >= 0.6 is 7.82 Å². The molecular weight excluding hydrogens is 533 g/mol. The van der Waals surface area contributed by atoms with Crippen molar-refractivity contribution < 1.29 is 38.3 Å². The van der Waals surface area contributed by atoms with Gasteiger partial charge in [-0.05, 0) is 31.1 Å². The van der Waals surface area contributed by atoms with E-state index in [9.17, 15) is 19.4 Å². The van der Waals surface area contributed by atoms with E-state index in [1.54, 1.807) is 0 Å². The van der Waals surface area contributed by atoms with Crippen molar-refractivity contribution in [2.45, 2.75) is 149 Å². The first-order valence-electron chi connectivity index (χ1n) is 16.0. The molecule has 0 fully saturated rings. The summed E-state index contributed by atoms with van der Waals surface area (Å²) in [6, 6.07) is 0. The fourth-order valence-electron chi connectivity index (χ4n) is 5.10. The minimum atomic E-state index is -4.33. The van der Waals surface area contributed by atoms with E-state index < -0.39 is 26.0 Å². The Kier molecular flexibility index (Phi) is 25.8. The zero-order chi connectivity index (χ0) is 30.1. The van der Waals surface area contributed by atoms with Gasteiger partial charge in [0.2, 0.25) is 0 Å². The number of carbonyl (C=O) groups is 1. The third-order valence-corrected chi connectivity index (χ3v) is 8.58. The van der Waals surface area contributed by atoms with Crippen LogP contribution in [0.15, 0.2) is 0 Å². The predicted octanol–water partition coefficient (Wildman–Crippen LogP) is 7.22. The number of rotatable bonds is 30. The molecule has 0 aromatic heterocycles. The van der Waals surface area contributed by atoms with Gasteiger partial charge in [-0.3, -0.25) is 13.8 Å². The first kappa shape index (κ1) is 39.5. The largest absolute Gasteiger partial charge is 0.481 e. The minimum absolute atomic E-state index is 0.0400. The number of nitrogens with two attached hydrogens (primary N) is 1. The summed E-state index contributed by atoms with van der Waals surface area (Å²) in [7, 11) is -4.33. The number of hydrogen-bond donors (Lipinski definition) is 4. The molecule has 9 nitrogen and oxygen atoms in total. The van der Waals surface area contributed by atoms with Crippen molar-refractivity contribution in [1.29, 1.82) is 0 Å². The summed E-state index contributed by atoms with van der Waals surface area (Å²) in [5, 5.41) is 20.4. The molecule has 0 aliphatic carbocycles. The molecule has 0 saturated carbocycles. The Balaban J connectivity index is 5.23. The summed E-state index contributed by atoms with van der Waals surface area (Å²) in [4.78, 5) is 20.8. The Morgan fingerprint density at radius 2 is 1.35 bits per heavy atom. The maximum Gasteiger partial charge on any atom is 0.472 e. The van der Waals surface area contributed by atoms with Crippen LogP contribution in [0, 0.1) is 11.8 Å². The second-order valence-electron chi connectivity index (χ2n) is 11.2. The van der Waals surface area contributed by atoms with Gasteiger partial charge in [0.05, 0.1) is 19.3 Å². The molecule has 0 saturated heterocycles. The van der Waals surface area contributed by atoms with E-state index >= 15 is 0 Å². The summed E-state index contributed by atoms with van der Waals surface area (Å²) >= 11 is 0. The van der Waals surface area contributed by atoms with Crippen molar-refractivity contribution in [2.75, 3.05) is 26.4 Å². The molecule has 0 spiro atoms. The van der Waals surface area contributed by atoms with Gasteiger partial charge in [-0.2, -0.15) is 0 Å². The lowest BCUT2D eigenvalue weighted by Crippen LogP contribution is -2.41. The molecular formula is C30H62NO8P. The Morgan fingerprint density at radius 3 is 1.93 bits per heavy atom. The molecule has 0 rings (SSSR count). The lowest BCUT2D eigenvalue weighted by atomic mass is 9.79. The van der Waals surface area contributed by atoms with E-state index in [0.717, 1.165) is 32.1 Å². The number of carboxylic acids is 1. The number of carboxylic acid groups (broad SMARTS) is 1. The highest BCUT2D eigenvalue weighted by Gasteiger charge is 2.34. The smallest absolute Gasteiger partial charge is 0.472 e. The van der Waals surface area contributed by atoms with Crippen LogP contribution in [0.2, 0.25) is 0 Å². The van der Waals surface area contributed by atoms with Crippen LogP contribution in [0.3, 0.4) is 0 Å². The zero-order valence-electron chi connectivity index (χ0n) is 25.8. The number of ether oxygens (including phenoxy) is 1. The molecule has 0 radical (unpaired) electrons. The van der Waals surface area contributed by atoms with Crippen LogP contribution in [-0.4, -0.2) is 59.6 Å². The van der Waals surface area contributed by atoms with Gasteiger partial charge in [0.1, 0.15) is 6.10 Å². The number of aliphatic hydroxyl groups is 1. The second-order valence-corrected chi connectivity index (χ2v) is 12.7. The monoisotopic (exact) mass is 595 g/mol. The Hall–Kier alpha value is -0.540. The summed E-state index contributed by atoms with van der Waals surface area (Å²) < 4.78 is 28.3. The molecule has 5 N–H and O–H groups in total. The van der Waals surface area contributed by atoms with E-state index in [-0.39, 0.29) is 44.6 Å². The molecule has 0 aliphatic heterocycles. The Bertz CT molecular complexity index is 639. The van der Waals surface area contributed by atoms with Crippen molar-refractivity contribution in [1.82, 2.24) is 0 Å². The third-order valence-electron chi connectivity index (χ3n) is 7.60. The van der Waals surface area contributed by atoms with Crippen LogP contribution in [0.5, 0.6) is 0 Å². The maximum absolute atomic E-state index is 12.3. The highest BCUT2D eigenvalue weighted by molar-refractivity contribution is 7.47. The normalized spacial score (nSPS) is 16.4. The van der Waals surface area contributed by atoms with Crippen LogP contribution < -0.4 is 5.73 Å². The highest BCUT2D eigenvalue weighted by Crippen LogP contribution is 2.43. The minimum Gasteiger partial charge on any atom is -0.481 e. The number of phosphoric ester groups is 1. The predicted molar refractivity (Wildman–Crippen MR) is 161 cm³/mol. The van der Waals surface area contributed by atoms with E-state index in [1.807, 2.05) is 0 Å². The number of unbranched alkanes of at least 4 members (excludes halogenated alkanes) is 12. The summed E-state index contributed by atoms with van der Waals surface area (Å²) in [6.07, 6.45) is 16.8. The molecule has 0 aliphatic rings. The van der Waals surface area contributed by atoms with Gasteiger partial charge < -0.3 is 25.6 Å². The second kappa shape index (κ2) is 26.1. The van der Waals surface area contributed by atoms with Crippen LogP contribution in [0.1, 0.15) is 136 Å². The van der Waals surface area contributed by atoms with E-state index in [2.05, 4.69) is 20.8 Å². The van der Waals surface area contributed by atoms with Gasteiger partial charge in [-0.25, -0.2) is 4.57 Å². The maximum atomic E-state index is 12.3. The molecule has 0 aromatic rings. The van der Waals surface area contributed by atoms with Crippen LogP contribution in [0.4, 0.5) is 0 Å². The standard InChI is InChI=1S/C30H62NO8P/c1-4-6-8-10-11-12-13-14-16-20-27(26(3)19-15-9-7-5-2)30(34)28(37-23-18-17-21-29(32)33)25-39-40(35,36)38-24-22-31/h26-28,30,34H,4-25,31H2,1-3H3,(H,32,33)(H,35,36). The van der Waals surface area contributed by atoms with Crippen molar-refractivity contribution in [3.8, 4) is 0 Å². The fraction of sp³-hybridized carbons (Fsp3) is 0.967. The molecule has 0 bridgehead atoms. The molecule has 0 heterocycles. The molecule has 10 heteroatoms. The lowest BCUT2D eigenvalue weighted by molar-refractivity contribution is -0.137. The van der Waals surface area contributed by atoms with Gasteiger partial charge in [0.15, 0.2) is 0 Å². The fourth-order valence-corrected chi connectivity index (χ4v) is 5.84. The first-order valence-corrected chi connectivity index (χ1v) is 17.5. The average molecular weight is 596 g/mol. The first-order chi connectivity index (χ1) is 19.2. The zero-order valence-corrected chi connectivity index (χ0v) is 26.7. The van der Waals surface area contributed by atoms with E-state index in [0.29, 0.717) is 12.8 Å². The van der Waals surface area contributed by atoms with Crippen LogP contribution in [0.25, 0.3) is 0 Å². The number of hydrogen-bond acceptors (Lipinski definition) is 7. The van der Waals surface area contributed by atoms with Crippen LogP contribution in [-0.2, 0) is 23.1 Å². The van der Waals surface area contributed by atoms with Gasteiger partial charge in [0.25, 0.3) is 0 Å². The quantitative estimate of drug-likeness (QED) is 0.0498. The average Bonchev–Trinajstić information content (AvgIpc) is 2.92. The van der Waals surface area contributed by atoms with Gasteiger partial charge in [-0.1, -0.05) is 111 Å². The molecule has 0 amide bonds. The third kappa shape index (κ3) is 22.1. The molecule has 0 aromatic carbocycles. The topological polar surface area (TPSA) is 149 Å². The molecule has 240 valence electrons. The number of aliphatic carboxylic acids is 1. The van der Waals surface area contributed by atoms with Gasteiger partial charge >= 0.3 is 13.8 Å². The van der Waals surface area contributed by atoms with E-state index in [1.165, 1.54) is 64.2 Å². The summed E-state index contributed by atoms with van der Waals surface area (Å²) in [5.41, 5.74) is 5.37. The SMILES string of the molecule is CCCCCCCCCCCC(C(C)CCCCCC)C(O)C(COP(=O)(O)OCCN)OCCCCC(=O)O. The number of phosphoric acid groups is 1. The summed E-state index contributed by atoms with van der Waals surface area (Å²) in [5.74, 6) is -0.647.